The standard InChI is InChI=1S/C34H39NO5/c1-9-40-25-17-15-24(16-18-25)35-29(21-10-12-22(13-11-21)33(2,3)4)28(31(37)32(35)38)30(36)26-20-23(34(5,6)7)14-19-27(26)39-8/h10-20,29,36H,9H2,1-8H3/b30-28+. The van der Waals surface area contributed by atoms with Gasteiger partial charge in [-0.15, -0.1) is 0 Å². The number of rotatable bonds is 6. The van der Waals surface area contributed by atoms with E-state index in [9.17, 15) is 14.7 Å². The van der Waals surface area contributed by atoms with Crippen LogP contribution in [0.5, 0.6) is 11.5 Å². The molecule has 0 aliphatic carbocycles. The number of carbonyl (C=O) groups excluding carboxylic acids is 2. The third kappa shape index (κ3) is 5.48. The summed E-state index contributed by atoms with van der Waals surface area (Å²) in [5.41, 5.74) is 3.44. The van der Waals surface area contributed by atoms with Crippen LogP contribution in [0.15, 0.2) is 72.3 Å². The number of amides is 1. The summed E-state index contributed by atoms with van der Waals surface area (Å²) in [6, 6.07) is 19.6. The highest BCUT2D eigenvalue weighted by Gasteiger charge is 2.47. The molecule has 4 rings (SSSR count). The zero-order valence-electron chi connectivity index (χ0n) is 24.7. The van der Waals surface area contributed by atoms with Crippen molar-refractivity contribution >= 4 is 23.1 Å². The van der Waals surface area contributed by atoms with Gasteiger partial charge in [-0.2, -0.15) is 0 Å². The molecule has 0 spiro atoms. The van der Waals surface area contributed by atoms with Gasteiger partial charge >= 0.3 is 0 Å². The summed E-state index contributed by atoms with van der Waals surface area (Å²) in [6.45, 7) is 15.0. The normalized spacial score (nSPS) is 17.3. The van der Waals surface area contributed by atoms with Crippen molar-refractivity contribution in [1.29, 1.82) is 0 Å². The smallest absolute Gasteiger partial charge is 0.300 e. The molecule has 3 aromatic rings. The lowest BCUT2D eigenvalue weighted by atomic mass is 9.84. The first-order chi connectivity index (χ1) is 18.8. The molecule has 40 heavy (non-hydrogen) atoms. The molecule has 1 fully saturated rings. The number of ether oxygens (including phenoxy) is 2. The minimum Gasteiger partial charge on any atom is -0.507 e. The van der Waals surface area contributed by atoms with Gasteiger partial charge in [0.15, 0.2) is 0 Å². The Morgan fingerprint density at radius 2 is 1.43 bits per heavy atom. The van der Waals surface area contributed by atoms with Crippen molar-refractivity contribution in [3.63, 3.8) is 0 Å². The van der Waals surface area contributed by atoms with Gasteiger partial charge in [-0.1, -0.05) is 71.9 Å². The molecule has 1 heterocycles. The fourth-order valence-electron chi connectivity index (χ4n) is 4.95. The van der Waals surface area contributed by atoms with Crippen LogP contribution in [0.1, 0.15) is 76.8 Å². The number of Topliss-reactive ketones (excluding diaryl/α,β-unsaturated/α-hetero) is 1. The molecule has 1 amide bonds. The molecule has 3 aromatic carbocycles. The summed E-state index contributed by atoms with van der Waals surface area (Å²) in [7, 11) is 1.52. The molecule has 210 valence electrons. The van der Waals surface area contributed by atoms with E-state index < -0.39 is 17.7 Å². The number of nitrogens with zero attached hydrogens (tertiary/aromatic N) is 1. The van der Waals surface area contributed by atoms with E-state index in [4.69, 9.17) is 9.47 Å². The van der Waals surface area contributed by atoms with E-state index in [1.165, 1.54) is 12.0 Å². The molecule has 1 aliphatic heterocycles. The van der Waals surface area contributed by atoms with Crippen LogP contribution in [-0.4, -0.2) is 30.5 Å². The number of methoxy groups -OCH3 is 1. The third-order valence-corrected chi connectivity index (χ3v) is 7.28. The van der Waals surface area contributed by atoms with E-state index in [2.05, 4.69) is 41.5 Å². The van der Waals surface area contributed by atoms with Crippen LogP contribution < -0.4 is 14.4 Å². The number of anilines is 1. The van der Waals surface area contributed by atoms with Gasteiger partial charge in [-0.05, 0) is 70.8 Å². The topological polar surface area (TPSA) is 76.1 Å². The Morgan fingerprint density at radius 3 is 1.95 bits per heavy atom. The summed E-state index contributed by atoms with van der Waals surface area (Å²) in [5.74, 6) is -0.641. The molecule has 1 aliphatic rings. The minimum atomic E-state index is -0.838. The fraction of sp³-hybridized carbons (Fsp3) is 0.353. The first-order valence-electron chi connectivity index (χ1n) is 13.6. The van der Waals surface area contributed by atoms with Gasteiger partial charge in [0.05, 0.1) is 30.9 Å². The van der Waals surface area contributed by atoms with Crippen molar-refractivity contribution in [3.8, 4) is 11.5 Å². The molecule has 1 saturated heterocycles. The van der Waals surface area contributed by atoms with Crippen LogP contribution in [0.25, 0.3) is 5.76 Å². The maximum Gasteiger partial charge on any atom is 0.300 e. The predicted molar refractivity (Wildman–Crippen MR) is 159 cm³/mol. The van der Waals surface area contributed by atoms with Crippen molar-refractivity contribution in [1.82, 2.24) is 0 Å². The summed E-state index contributed by atoms with van der Waals surface area (Å²) in [4.78, 5) is 28.8. The zero-order chi connectivity index (χ0) is 29.4. The number of ketones is 1. The summed E-state index contributed by atoms with van der Waals surface area (Å²) >= 11 is 0. The predicted octanol–water partition coefficient (Wildman–Crippen LogP) is 7.32. The lowest BCUT2D eigenvalue weighted by Crippen LogP contribution is -2.29. The lowest BCUT2D eigenvalue weighted by Gasteiger charge is -2.27. The highest BCUT2D eigenvalue weighted by atomic mass is 16.5. The summed E-state index contributed by atoms with van der Waals surface area (Å²) < 4.78 is 11.2. The van der Waals surface area contributed by atoms with E-state index >= 15 is 0 Å². The second kappa shape index (κ2) is 10.8. The van der Waals surface area contributed by atoms with Gasteiger partial charge in [0.2, 0.25) is 0 Å². The molecule has 0 bridgehead atoms. The number of aliphatic hydroxyl groups excluding tert-OH is 1. The minimum absolute atomic E-state index is 0.0201. The molecule has 0 aromatic heterocycles. The molecule has 6 heteroatoms. The molecule has 0 saturated carbocycles. The lowest BCUT2D eigenvalue weighted by molar-refractivity contribution is -0.132. The first kappa shape index (κ1) is 28.9. The van der Waals surface area contributed by atoms with Crippen molar-refractivity contribution in [2.75, 3.05) is 18.6 Å². The maximum absolute atomic E-state index is 13.7. The Hall–Kier alpha value is -4.06. The highest BCUT2D eigenvalue weighted by Crippen LogP contribution is 2.44. The second-order valence-corrected chi connectivity index (χ2v) is 12.1. The molecule has 1 N–H and O–H groups in total. The van der Waals surface area contributed by atoms with E-state index in [1.807, 2.05) is 43.3 Å². The first-order valence-corrected chi connectivity index (χ1v) is 13.6. The Kier molecular flexibility index (Phi) is 7.84. The molecular formula is C34H39NO5. The van der Waals surface area contributed by atoms with Crippen LogP contribution in [0.4, 0.5) is 5.69 Å². The molecular weight excluding hydrogens is 502 g/mol. The van der Waals surface area contributed by atoms with Gasteiger partial charge < -0.3 is 14.6 Å². The number of aliphatic hydroxyl groups is 1. The zero-order valence-corrected chi connectivity index (χ0v) is 24.7. The number of benzene rings is 3. The Morgan fingerprint density at radius 1 is 0.850 bits per heavy atom. The average Bonchev–Trinajstić information content (AvgIpc) is 3.17. The third-order valence-electron chi connectivity index (χ3n) is 7.28. The van der Waals surface area contributed by atoms with Crippen molar-refractivity contribution in [3.05, 3.63) is 94.6 Å². The molecule has 1 unspecified atom stereocenters. The van der Waals surface area contributed by atoms with E-state index in [0.717, 1.165) is 11.1 Å². The largest absolute Gasteiger partial charge is 0.507 e. The van der Waals surface area contributed by atoms with Gasteiger partial charge in [0.1, 0.15) is 17.3 Å². The Bertz CT molecular complexity index is 1440. The van der Waals surface area contributed by atoms with Crippen LogP contribution in [0, 0.1) is 0 Å². The summed E-state index contributed by atoms with van der Waals surface area (Å²) in [6.07, 6.45) is 0. The molecule has 1 atom stereocenters. The molecule has 0 radical (unpaired) electrons. The van der Waals surface area contributed by atoms with Crippen LogP contribution in [-0.2, 0) is 20.4 Å². The van der Waals surface area contributed by atoms with Crippen molar-refractivity contribution in [2.24, 2.45) is 0 Å². The SMILES string of the molecule is CCOc1ccc(N2C(=O)C(=O)/C(=C(/O)c3cc(C(C)(C)C)ccc3OC)C2c2ccc(C(C)(C)C)cc2)cc1. The van der Waals surface area contributed by atoms with Crippen LogP contribution in [0.2, 0.25) is 0 Å². The highest BCUT2D eigenvalue weighted by molar-refractivity contribution is 6.51. The fourth-order valence-corrected chi connectivity index (χ4v) is 4.95. The van der Waals surface area contributed by atoms with Crippen LogP contribution >= 0.6 is 0 Å². The Balaban J connectivity index is 1.96. The Labute approximate surface area is 237 Å². The van der Waals surface area contributed by atoms with Gasteiger partial charge in [-0.3, -0.25) is 14.5 Å². The van der Waals surface area contributed by atoms with E-state index in [-0.39, 0.29) is 22.2 Å². The average molecular weight is 542 g/mol. The van der Waals surface area contributed by atoms with Crippen molar-refractivity contribution in [2.45, 2.75) is 65.3 Å². The van der Waals surface area contributed by atoms with Crippen LogP contribution in [0.3, 0.4) is 0 Å². The number of hydrogen-bond acceptors (Lipinski definition) is 5. The van der Waals surface area contributed by atoms with Gasteiger partial charge in [0, 0.05) is 5.69 Å². The van der Waals surface area contributed by atoms with E-state index in [0.29, 0.717) is 34.9 Å². The summed E-state index contributed by atoms with van der Waals surface area (Å²) in [5, 5.41) is 11.8. The second-order valence-electron chi connectivity index (χ2n) is 12.1. The van der Waals surface area contributed by atoms with Gasteiger partial charge in [0.25, 0.3) is 11.7 Å². The van der Waals surface area contributed by atoms with E-state index in [1.54, 1.807) is 30.3 Å². The van der Waals surface area contributed by atoms with Gasteiger partial charge in [-0.25, -0.2) is 0 Å². The van der Waals surface area contributed by atoms with Crippen molar-refractivity contribution < 1.29 is 24.2 Å². The number of hydrogen-bond donors (Lipinski definition) is 1. The quantitative estimate of drug-likeness (QED) is 0.201. The number of carbonyl (C=O) groups is 2. The monoisotopic (exact) mass is 541 g/mol. The maximum atomic E-state index is 13.7. The molecule has 6 nitrogen and oxygen atoms in total.